The Bertz CT molecular complexity index is 792. The van der Waals surface area contributed by atoms with Gasteiger partial charge in [0.2, 0.25) is 0 Å². The SMILES string of the molecule is CC(OC(=O)COc1ccc(Cl)cc1Cl)C(=O)Nc1ccnn1C(C)C. The molecule has 1 aromatic carbocycles. The summed E-state index contributed by atoms with van der Waals surface area (Å²) in [5.74, 6) is -0.343. The maximum absolute atomic E-state index is 12.2. The highest BCUT2D eigenvalue weighted by molar-refractivity contribution is 6.35. The van der Waals surface area contributed by atoms with E-state index in [0.29, 0.717) is 16.6 Å². The van der Waals surface area contributed by atoms with Gasteiger partial charge in [-0.1, -0.05) is 23.2 Å². The topological polar surface area (TPSA) is 82.4 Å². The number of carbonyl (C=O) groups is 2. The molecule has 0 aliphatic heterocycles. The maximum Gasteiger partial charge on any atom is 0.344 e. The zero-order valence-electron chi connectivity index (χ0n) is 14.5. The van der Waals surface area contributed by atoms with Crippen LogP contribution in [0.25, 0.3) is 0 Å². The highest BCUT2D eigenvalue weighted by atomic mass is 35.5. The molecule has 2 aromatic rings. The van der Waals surface area contributed by atoms with Crippen molar-refractivity contribution in [2.45, 2.75) is 32.9 Å². The summed E-state index contributed by atoms with van der Waals surface area (Å²) < 4.78 is 12.0. The first kappa shape index (κ1) is 20.1. The Labute approximate surface area is 161 Å². The number of aromatic nitrogens is 2. The van der Waals surface area contributed by atoms with Crippen LogP contribution < -0.4 is 10.1 Å². The van der Waals surface area contributed by atoms with E-state index in [0.717, 1.165) is 0 Å². The summed E-state index contributed by atoms with van der Waals surface area (Å²) in [6.07, 6.45) is 0.581. The van der Waals surface area contributed by atoms with Crippen LogP contribution >= 0.6 is 23.2 Å². The number of carbonyl (C=O) groups excluding carboxylic acids is 2. The van der Waals surface area contributed by atoms with E-state index in [9.17, 15) is 9.59 Å². The molecule has 0 radical (unpaired) electrons. The molecule has 0 aliphatic carbocycles. The molecule has 0 saturated carbocycles. The monoisotopic (exact) mass is 399 g/mol. The fourth-order valence-electron chi connectivity index (χ4n) is 2.07. The average molecular weight is 400 g/mol. The zero-order valence-corrected chi connectivity index (χ0v) is 16.0. The van der Waals surface area contributed by atoms with Gasteiger partial charge in [0.25, 0.3) is 5.91 Å². The Hall–Kier alpha value is -2.25. The summed E-state index contributed by atoms with van der Waals surface area (Å²) in [6.45, 7) is 4.96. The lowest BCUT2D eigenvalue weighted by molar-refractivity contribution is -0.155. The third-order valence-electron chi connectivity index (χ3n) is 3.33. The van der Waals surface area contributed by atoms with Gasteiger partial charge in [0, 0.05) is 17.1 Å². The molecule has 1 amide bonds. The van der Waals surface area contributed by atoms with Crippen LogP contribution in [0.1, 0.15) is 26.8 Å². The van der Waals surface area contributed by atoms with Crippen molar-refractivity contribution in [3.05, 3.63) is 40.5 Å². The molecule has 1 heterocycles. The number of hydrogen-bond donors (Lipinski definition) is 1. The van der Waals surface area contributed by atoms with E-state index in [4.69, 9.17) is 32.7 Å². The average Bonchev–Trinajstić information content (AvgIpc) is 3.02. The second-order valence-corrected chi connectivity index (χ2v) is 6.58. The van der Waals surface area contributed by atoms with E-state index in [2.05, 4.69) is 10.4 Å². The highest BCUT2D eigenvalue weighted by Gasteiger charge is 2.20. The predicted molar refractivity (Wildman–Crippen MR) is 98.8 cm³/mol. The summed E-state index contributed by atoms with van der Waals surface area (Å²) in [5, 5.41) is 7.52. The van der Waals surface area contributed by atoms with Gasteiger partial charge in [-0.25, -0.2) is 9.48 Å². The van der Waals surface area contributed by atoms with E-state index >= 15 is 0 Å². The van der Waals surface area contributed by atoms with Crippen LogP contribution in [0, 0.1) is 0 Å². The molecule has 9 heteroatoms. The number of nitrogens with one attached hydrogen (secondary N) is 1. The quantitative estimate of drug-likeness (QED) is 0.717. The summed E-state index contributed by atoms with van der Waals surface area (Å²) in [5.41, 5.74) is 0. The normalized spacial score (nSPS) is 11.9. The molecular weight excluding hydrogens is 381 g/mol. The van der Waals surface area contributed by atoms with Gasteiger partial charge in [0.1, 0.15) is 11.6 Å². The molecule has 1 atom stereocenters. The highest BCUT2D eigenvalue weighted by Crippen LogP contribution is 2.27. The first-order valence-corrected chi connectivity index (χ1v) is 8.65. The first-order valence-electron chi connectivity index (χ1n) is 7.89. The molecule has 0 saturated heterocycles. The fourth-order valence-corrected chi connectivity index (χ4v) is 2.53. The van der Waals surface area contributed by atoms with E-state index in [-0.39, 0.29) is 17.7 Å². The van der Waals surface area contributed by atoms with E-state index in [1.807, 2.05) is 13.8 Å². The second-order valence-electron chi connectivity index (χ2n) is 5.74. The molecule has 1 N–H and O–H groups in total. The molecule has 2 rings (SSSR count). The third kappa shape index (κ3) is 5.37. The third-order valence-corrected chi connectivity index (χ3v) is 3.86. The summed E-state index contributed by atoms with van der Waals surface area (Å²) in [4.78, 5) is 24.1. The van der Waals surface area contributed by atoms with Crippen molar-refractivity contribution in [3.63, 3.8) is 0 Å². The van der Waals surface area contributed by atoms with Crippen molar-refractivity contribution in [2.24, 2.45) is 0 Å². The molecule has 140 valence electrons. The number of nitrogens with zero attached hydrogens (tertiary/aromatic N) is 2. The van der Waals surface area contributed by atoms with Crippen LogP contribution in [-0.4, -0.2) is 34.4 Å². The number of benzene rings is 1. The minimum Gasteiger partial charge on any atom is -0.480 e. The minimum atomic E-state index is -0.998. The lowest BCUT2D eigenvalue weighted by Crippen LogP contribution is -2.32. The Balaban J connectivity index is 1.86. The molecular formula is C17H19Cl2N3O4. The first-order chi connectivity index (χ1) is 12.3. The van der Waals surface area contributed by atoms with Gasteiger partial charge in [-0.3, -0.25) is 4.79 Å². The lowest BCUT2D eigenvalue weighted by Gasteiger charge is -2.16. The van der Waals surface area contributed by atoms with E-state index in [1.165, 1.54) is 13.0 Å². The van der Waals surface area contributed by atoms with Gasteiger partial charge in [0.15, 0.2) is 12.7 Å². The van der Waals surface area contributed by atoms with Crippen LogP contribution in [0.3, 0.4) is 0 Å². The van der Waals surface area contributed by atoms with Crippen LogP contribution in [0.15, 0.2) is 30.5 Å². The fraction of sp³-hybridized carbons (Fsp3) is 0.353. The standard InChI is InChI=1S/C17H19Cl2N3O4/c1-10(2)22-15(6-7-20-22)21-17(24)11(3)26-16(23)9-25-14-5-4-12(18)8-13(14)19/h4-8,10-11H,9H2,1-3H3,(H,21,24). The molecule has 0 spiro atoms. The number of anilines is 1. The number of amides is 1. The Morgan fingerprint density at radius 1 is 1.23 bits per heavy atom. The largest absolute Gasteiger partial charge is 0.480 e. The van der Waals surface area contributed by atoms with Gasteiger partial charge >= 0.3 is 5.97 Å². The van der Waals surface area contributed by atoms with Gasteiger partial charge in [-0.15, -0.1) is 0 Å². The number of ether oxygens (including phenoxy) is 2. The predicted octanol–water partition coefficient (Wildman–Crippen LogP) is 3.72. The van der Waals surface area contributed by atoms with Gasteiger partial charge in [-0.2, -0.15) is 5.10 Å². The number of halogens is 2. The smallest absolute Gasteiger partial charge is 0.344 e. The van der Waals surface area contributed by atoms with Gasteiger partial charge in [0.05, 0.1) is 11.2 Å². The minimum absolute atomic E-state index is 0.0793. The van der Waals surface area contributed by atoms with Crippen LogP contribution in [0.2, 0.25) is 10.0 Å². The van der Waals surface area contributed by atoms with Gasteiger partial charge in [-0.05, 0) is 39.0 Å². The van der Waals surface area contributed by atoms with E-state index < -0.39 is 18.0 Å². The summed E-state index contributed by atoms with van der Waals surface area (Å²) in [7, 11) is 0. The van der Waals surface area contributed by atoms with Crippen LogP contribution in [-0.2, 0) is 14.3 Å². The molecule has 1 unspecified atom stereocenters. The number of esters is 1. The molecule has 1 aromatic heterocycles. The van der Waals surface area contributed by atoms with Crippen molar-refractivity contribution in [1.29, 1.82) is 0 Å². The van der Waals surface area contributed by atoms with Crippen LogP contribution in [0.5, 0.6) is 5.75 Å². The van der Waals surface area contributed by atoms with Crippen LogP contribution in [0.4, 0.5) is 5.82 Å². The molecule has 0 fully saturated rings. The Morgan fingerprint density at radius 3 is 2.62 bits per heavy atom. The Kier molecular flexibility index (Phi) is 6.88. The van der Waals surface area contributed by atoms with Crippen molar-refractivity contribution in [1.82, 2.24) is 9.78 Å². The molecule has 0 aliphatic rings. The van der Waals surface area contributed by atoms with E-state index in [1.54, 1.807) is 29.1 Å². The van der Waals surface area contributed by atoms with Crippen molar-refractivity contribution in [3.8, 4) is 5.75 Å². The zero-order chi connectivity index (χ0) is 19.3. The van der Waals surface area contributed by atoms with Crippen molar-refractivity contribution in [2.75, 3.05) is 11.9 Å². The number of hydrogen-bond acceptors (Lipinski definition) is 5. The lowest BCUT2D eigenvalue weighted by atomic mass is 10.3. The number of rotatable bonds is 7. The summed E-state index contributed by atoms with van der Waals surface area (Å²) in [6, 6.07) is 6.37. The second kappa shape index (κ2) is 8.91. The molecule has 7 nitrogen and oxygen atoms in total. The maximum atomic E-state index is 12.2. The Morgan fingerprint density at radius 2 is 1.96 bits per heavy atom. The molecule has 0 bridgehead atoms. The molecule has 26 heavy (non-hydrogen) atoms. The van der Waals surface area contributed by atoms with Gasteiger partial charge < -0.3 is 14.8 Å². The van der Waals surface area contributed by atoms with Crippen molar-refractivity contribution >= 4 is 40.9 Å². The van der Waals surface area contributed by atoms with Crippen molar-refractivity contribution < 1.29 is 19.1 Å². The summed E-state index contributed by atoms with van der Waals surface area (Å²) >= 11 is 11.7.